The summed E-state index contributed by atoms with van der Waals surface area (Å²) < 4.78 is 25.3. The van der Waals surface area contributed by atoms with Crippen LogP contribution in [-0.4, -0.2) is 32.3 Å². The highest BCUT2D eigenvalue weighted by Gasteiger charge is 2.27. The van der Waals surface area contributed by atoms with E-state index in [0.717, 1.165) is 5.56 Å². The summed E-state index contributed by atoms with van der Waals surface area (Å²) in [5, 5.41) is 10.1. The van der Waals surface area contributed by atoms with E-state index in [0.29, 0.717) is 16.3 Å². The van der Waals surface area contributed by atoms with Crippen molar-refractivity contribution in [3.63, 3.8) is 0 Å². The molecule has 5 nitrogen and oxygen atoms in total. The number of fused-ring (bicyclic) bond motifs is 1. The number of aliphatic carboxylic acids is 1. The molecule has 0 saturated carbocycles. The van der Waals surface area contributed by atoms with E-state index in [4.69, 9.17) is 5.11 Å². The summed E-state index contributed by atoms with van der Waals surface area (Å²) in [7, 11) is -1.98. The molecular formula is C13H15NO4S2. The molecule has 0 amide bonds. The van der Waals surface area contributed by atoms with E-state index in [2.05, 4.69) is 0 Å². The van der Waals surface area contributed by atoms with E-state index in [1.54, 1.807) is 19.1 Å². The summed E-state index contributed by atoms with van der Waals surface area (Å²) in [4.78, 5) is 11.4. The van der Waals surface area contributed by atoms with E-state index >= 15 is 0 Å². The van der Waals surface area contributed by atoms with Gasteiger partial charge in [0.15, 0.2) is 0 Å². The van der Waals surface area contributed by atoms with Crippen molar-refractivity contribution >= 4 is 38.3 Å². The SMILES string of the molecule is CC(CSC1=CS(=O)(=O)N(C)c2ccccc21)C(=O)O. The maximum Gasteiger partial charge on any atom is 0.307 e. The summed E-state index contributed by atoms with van der Waals surface area (Å²) in [6.45, 7) is 1.60. The van der Waals surface area contributed by atoms with Gasteiger partial charge in [0.05, 0.1) is 17.0 Å². The lowest BCUT2D eigenvalue weighted by atomic mass is 10.2. The first-order chi connectivity index (χ1) is 9.33. The molecule has 1 atom stereocenters. The van der Waals surface area contributed by atoms with Crippen LogP contribution in [0.3, 0.4) is 0 Å². The number of hydrogen-bond donors (Lipinski definition) is 1. The van der Waals surface area contributed by atoms with Crippen LogP contribution in [0.2, 0.25) is 0 Å². The molecule has 2 rings (SSSR count). The number of rotatable bonds is 4. The van der Waals surface area contributed by atoms with Gasteiger partial charge < -0.3 is 5.11 Å². The van der Waals surface area contributed by atoms with Crippen LogP contribution in [0.1, 0.15) is 12.5 Å². The number of para-hydroxylation sites is 1. The molecule has 1 aliphatic rings. The Labute approximate surface area is 122 Å². The Morgan fingerprint density at radius 3 is 2.70 bits per heavy atom. The largest absolute Gasteiger partial charge is 0.481 e. The van der Waals surface area contributed by atoms with E-state index < -0.39 is 21.9 Å². The van der Waals surface area contributed by atoms with Gasteiger partial charge in [-0.15, -0.1) is 11.8 Å². The number of hydrogen-bond acceptors (Lipinski definition) is 4. The smallest absolute Gasteiger partial charge is 0.307 e. The van der Waals surface area contributed by atoms with Gasteiger partial charge >= 0.3 is 5.97 Å². The number of sulfonamides is 1. The van der Waals surface area contributed by atoms with Gasteiger partial charge in [-0.25, -0.2) is 8.42 Å². The summed E-state index contributed by atoms with van der Waals surface area (Å²) in [6.07, 6.45) is 0. The number of carboxylic acid groups (broad SMARTS) is 1. The standard InChI is InChI=1S/C13H15NO4S2/c1-9(13(15)16)7-19-12-8-20(17,18)14(2)11-6-4-3-5-10(11)12/h3-6,8-9H,7H2,1-2H3,(H,15,16). The second kappa shape index (κ2) is 5.49. The topological polar surface area (TPSA) is 74.7 Å². The lowest BCUT2D eigenvalue weighted by Gasteiger charge is -2.26. The Morgan fingerprint density at radius 1 is 1.40 bits per heavy atom. The fraction of sp³-hybridized carbons (Fsp3) is 0.308. The highest BCUT2D eigenvalue weighted by Crippen LogP contribution is 2.40. The minimum Gasteiger partial charge on any atom is -0.481 e. The van der Waals surface area contributed by atoms with Crippen molar-refractivity contribution in [3.05, 3.63) is 35.2 Å². The second-order valence-corrected chi connectivity index (χ2v) is 7.44. The first kappa shape index (κ1) is 14.9. The van der Waals surface area contributed by atoms with Gasteiger partial charge in [0, 0.05) is 23.3 Å². The molecule has 20 heavy (non-hydrogen) atoms. The van der Waals surface area contributed by atoms with E-state index in [-0.39, 0.29) is 0 Å². The van der Waals surface area contributed by atoms with Crippen molar-refractivity contribution in [3.8, 4) is 0 Å². The molecule has 108 valence electrons. The maximum absolute atomic E-state index is 12.1. The van der Waals surface area contributed by atoms with E-state index in [1.165, 1.54) is 28.5 Å². The molecule has 0 saturated heterocycles. The van der Waals surface area contributed by atoms with Crippen molar-refractivity contribution in [2.45, 2.75) is 6.92 Å². The summed E-state index contributed by atoms with van der Waals surface area (Å²) in [6, 6.07) is 7.18. The molecule has 1 aromatic rings. The summed E-state index contributed by atoms with van der Waals surface area (Å²) >= 11 is 1.26. The quantitative estimate of drug-likeness (QED) is 0.922. The monoisotopic (exact) mass is 313 g/mol. The van der Waals surface area contributed by atoms with Gasteiger partial charge in [-0.2, -0.15) is 0 Å². The van der Waals surface area contributed by atoms with Crippen molar-refractivity contribution in [2.24, 2.45) is 5.92 Å². The molecule has 7 heteroatoms. The van der Waals surface area contributed by atoms with Crippen LogP contribution in [0.25, 0.3) is 4.91 Å². The minimum atomic E-state index is -3.49. The van der Waals surface area contributed by atoms with Crippen molar-refractivity contribution in [2.75, 3.05) is 17.1 Å². The minimum absolute atomic E-state index is 0.328. The number of anilines is 1. The van der Waals surface area contributed by atoms with Crippen molar-refractivity contribution < 1.29 is 18.3 Å². The molecule has 1 aliphatic heterocycles. The third kappa shape index (κ3) is 2.83. The van der Waals surface area contributed by atoms with Crippen LogP contribution in [-0.2, 0) is 14.8 Å². The van der Waals surface area contributed by atoms with E-state index in [1.807, 2.05) is 12.1 Å². The maximum atomic E-state index is 12.1. The number of thioether (sulfide) groups is 1. The Morgan fingerprint density at radius 2 is 2.05 bits per heavy atom. The van der Waals surface area contributed by atoms with Crippen LogP contribution in [0, 0.1) is 5.92 Å². The molecule has 0 fully saturated rings. The predicted octanol–water partition coefficient (Wildman–Crippen LogP) is 2.22. The van der Waals surface area contributed by atoms with Gasteiger partial charge in [0.25, 0.3) is 10.0 Å². The molecular weight excluding hydrogens is 298 g/mol. The summed E-state index contributed by atoms with van der Waals surface area (Å²) in [5.41, 5.74) is 1.42. The van der Waals surface area contributed by atoms with E-state index in [9.17, 15) is 13.2 Å². The number of carboxylic acids is 1. The van der Waals surface area contributed by atoms with Crippen LogP contribution in [0.5, 0.6) is 0 Å². The van der Waals surface area contributed by atoms with Crippen molar-refractivity contribution in [1.29, 1.82) is 0 Å². The van der Waals surface area contributed by atoms with Crippen LogP contribution in [0.4, 0.5) is 5.69 Å². The lowest BCUT2D eigenvalue weighted by Crippen LogP contribution is -2.28. The fourth-order valence-corrected chi connectivity index (χ4v) is 4.30. The van der Waals surface area contributed by atoms with Gasteiger partial charge in [-0.3, -0.25) is 9.10 Å². The number of benzene rings is 1. The van der Waals surface area contributed by atoms with Crippen LogP contribution in [0.15, 0.2) is 29.7 Å². The van der Waals surface area contributed by atoms with Gasteiger partial charge in [0.1, 0.15) is 0 Å². The Kier molecular flexibility index (Phi) is 4.10. The van der Waals surface area contributed by atoms with Gasteiger partial charge in [-0.1, -0.05) is 25.1 Å². The highest BCUT2D eigenvalue weighted by atomic mass is 32.2. The molecule has 0 aliphatic carbocycles. The molecule has 0 radical (unpaired) electrons. The molecule has 0 aromatic heterocycles. The number of nitrogens with zero attached hydrogens (tertiary/aromatic N) is 1. The highest BCUT2D eigenvalue weighted by molar-refractivity contribution is 8.09. The summed E-state index contributed by atoms with van der Waals surface area (Å²) in [5.74, 6) is -1.09. The molecule has 1 N–H and O–H groups in total. The average molecular weight is 313 g/mol. The lowest BCUT2D eigenvalue weighted by molar-refractivity contribution is -0.140. The first-order valence-corrected chi connectivity index (χ1v) is 8.47. The normalized spacial score (nSPS) is 18.1. The average Bonchev–Trinajstić information content (AvgIpc) is 2.41. The zero-order chi connectivity index (χ0) is 14.9. The number of carbonyl (C=O) groups is 1. The van der Waals surface area contributed by atoms with Gasteiger partial charge in [0.2, 0.25) is 0 Å². The zero-order valence-corrected chi connectivity index (χ0v) is 12.7. The predicted molar refractivity (Wildman–Crippen MR) is 81.0 cm³/mol. The van der Waals surface area contributed by atoms with Crippen LogP contribution >= 0.6 is 11.8 Å². The molecule has 1 heterocycles. The zero-order valence-electron chi connectivity index (χ0n) is 11.1. The van der Waals surface area contributed by atoms with Crippen LogP contribution < -0.4 is 4.31 Å². The Balaban J connectivity index is 2.34. The van der Waals surface area contributed by atoms with Crippen molar-refractivity contribution in [1.82, 2.24) is 0 Å². The molecule has 0 bridgehead atoms. The fourth-order valence-electron chi connectivity index (χ4n) is 1.77. The van der Waals surface area contributed by atoms with Gasteiger partial charge in [-0.05, 0) is 6.07 Å². The third-order valence-electron chi connectivity index (χ3n) is 3.06. The molecule has 1 unspecified atom stereocenters. The molecule has 1 aromatic carbocycles. The third-order valence-corrected chi connectivity index (χ3v) is 6.02. The Hall–Kier alpha value is -1.47. The molecule has 0 spiro atoms. The Bertz CT molecular complexity index is 667. The first-order valence-electron chi connectivity index (χ1n) is 5.98. The second-order valence-electron chi connectivity index (χ2n) is 4.56.